The lowest BCUT2D eigenvalue weighted by molar-refractivity contribution is -0.120. The molecular weight excluding hydrogens is 418 g/mol. The molecule has 0 bridgehead atoms. The molecule has 1 N–H and O–H groups in total. The number of nitrogens with zero attached hydrogens (tertiary/aromatic N) is 2. The molecule has 4 nitrogen and oxygen atoms in total. The van der Waals surface area contributed by atoms with Gasteiger partial charge in [-0.05, 0) is 47.6 Å². The third kappa shape index (κ3) is 6.34. The number of benzene rings is 3. The average Bonchev–Trinajstić information content (AvgIpc) is 3.19. The van der Waals surface area contributed by atoms with E-state index in [-0.39, 0.29) is 5.91 Å². The zero-order valence-electron chi connectivity index (χ0n) is 20.3. The molecule has 4 rings (SSSR count). The van der Waals surface area contributed by atoms with Gasteiger partial charge in [-0.1, -0.05) is 87.0 Å². The number of hydrogen-bond acceptors (Lipinski definition) is 2. The minimum atomic E-state index is 0.0891. The van der Waals surface area contributed by atoms with Gasteiger partial charge in [0, 0.05) is 19.5 Å². The first-order chi connectivity index (χ1) is 16.6. The Balaban J connectivity index is 1.19. The summed E-state index contributed by atoms with van der Waals surface area (Å²) < 4.78 is 2.38. The summed E-state index contributed by atoms with van der Waals surface area (Å²) in [6, 6.07) is 27.0. The molecule has 3 aromatic carbocycles. The molecule has 0 saturated carbocycles. The van der Waals surface area contributed by atoms with E-state index in [0.29, 0.717) is 12.3 Å². The molecule has 0 saturated heterocycles. The summed E-state index contributed by atoms with van der Waals surface area (Å²) in [5, 5.41) is 3.08. The van der Waals surface area contributed by atoms with E-state index in [1.165, 1.54) is 22.5 Å². The molecule has 1 aromatic heterocycles. The molecular formula is C30H35N3O. The summed E-state index contributed by atoms with van der Waals surface area (Å²) in [5.74, 6) is 1.85. The van der Waals surface area contributed by atoms with Crippen LogP contribution in [0.3, 0.4) is 0 Å². The van der Waals surface area contributed by atoms with Crippen LogP contribution in [-0.4, -0.2) is 22.0 Å². The van der Waals surface area contributed by atoms with Gasteiger partial charge >= 0.3 is 0 Å². The predicted molar refractivity (Wildman–Crippen MR) is 141 cm³/mol. The molecule has 0 fully saturated rings. The van der Waals surface area contributed by atoms with Gasteiger partial charge in [-0.3, -0.25) is 4.79 Å². The van der Waals surface area contributed by atoms with Crippen molar-refractivity contribution in [3.05, 3.63) is 90.3 Å². The van der Waals surface area contributed by atoms with E-state index in [9.17, 15) is 4.79 Å². The minimum absolute atomic E-state index is 0.0891. The molecule has 0 aliphatic carbocycles. The van der Waals surface area contributed by atoms with Gasteiger partial charge in [-0.25, -0.2) is 4.98 Å². The van der Waals surface area contributed by atoms with E-state index in [4.69, 9.17) is 4.98 Å². The standard InChI is InChI=1S/C30H35N3O/c1-23(2)22-33-28-14-9-8-13-27(28)32-29(33)15-7-4-10-20-31-30(34)21-24-16-18-26(19-17-24)25-11-5-3-6-12-25/h3,5-6,8-9,11-14,16-19,23H,4,7,10,15,20-22H2,1-2H3,(H,31,34). The van der Waals surface area contributed by atoms with Crippen LogP contribution in [0.2, 0.25) is 0 Å². The summed E-state index contributed by atoms with van der Waals surface area (Å²) in [6.45, 7) is 6.22. The van der Waals surface area contributed by atoms with Gasteiger partial charge in [-0.15, -0.1) is 0 Å². The second-order valence-electron chi connectivity index (χ2n) is 9.42. The van der Waals surface area contributed by atoms with Crippen molar-refractivity contribution < 1.29 is 4.79 Å². The molecule has 1 amide bonds. The molecule has 176 valence electrons. The Morgan fingerprint density at radius 2 is 1.56 bits per heavy atom. The summed E-state index contributed by atoms with van der Waals surface area (Å²) in [6.07, 6.45) is 4.55. The van der Waals surface area contributed by atoms with Gasteiger partial charge in [0.25, 0.3) is 0 Å². The van der Waals surface area contributed by atoms with Gasteiger partial charge in [-0.2, -0.15) is 0 Å². The largest absolute Gasteiger partial charge is 0.356 e. The van der Waals surface area contributed by atoms with Crippen molar-refractivity contribution in [2.75, 3.05) is 6.54 Å². The number of unbranched alkanes of at least 4 members (excludes halogenated alkanes) is 2. The van der Waals surface area contributed by atoms with Gasteiger partial charge in [0.1, 0.15) is 5.82 Å². The van der Waals surface area contributed by atoms with E-state index in [2.05, 4.69) is 72.3 Å². The van der Waals surface area contributed by atoms with Crippen molar-refractivity contribution in [2.45, 2.75) is 52.5 Å². The first-order valence-corrected chi connectivity index (χ1v) is 12.5. The summed E-state index contributed by atoms with van der Waals surface area (Å²) in [7, 11) is 0. The number of fused-ring (bicyclic) bond motifs is 1. The van der Waals surface area contributed by atoms with Crippen LogP contribution in [-0.2, 0) is 24.2 Å². The van der Waals surface area contributed by atoms with E-state index >= 15 is 0 Å². The number of amides is 1. The number of para-hydroxylation sites is 2. The number of imidazole rings is 1. The molecule has 1 heterocycles. The van der Waals surface area contributed by atoms with Crippen LogP contribution in [0.4, 0.5) is 0 Å². The molecule has 4 heteroatoms. The Bertz CT molecular complexity index is 1190. The van der Waals surface area contributed by atoms with E-state index < -0.39 is 0 Å². The van der Waals surface area contributed by atoms with Crippen LogP contribution in [0.1, 0.15) is 44.5 Å². The number of rotatable bonds is 11. The number of aryl methyl sites for hydroxylation is 1. The van der Waals surface area contributed by atoms with E-state index in [1.807, 2.05) is 30.3 Å². The fraction of sp³-hybridized carbons (Fsp3) is 0.333. The highest BCUT2D eigenvalue weighted by atomic mass is 16.1. The SMILES string of the molecule is CC(C)Cn1c(CCCCCNC(=O)Cc2ccc(-c3ccccc3)cc2)nc2ccccc21. The molecule has 0 radical (unpaired) electrons. The third-order valence-corrected chi connectivity index (χ3v) is 6.11. The summed E-state index contributed by atoms with van der Waals surface area (Å²) in [5.41, 5.74) is 5.73. The average molecular weight is 454 g/mol. The number of carbonyl (C=O) groups is 1. The monoisotopic (exact) mass is 453 g/mol. The predicted octanol–water partition coefficient (Wildman–Crippen LogP) is 6.43. The fourth-order valence-electron chi connectivity index (χ4n) is 4.39. The van der Waals surface area contributed by atoms with Crippen LogP contribution in [0.15, 0.2) is 78.9 Å². The quantitative estimate of drug-likeness (QED) is 0.266. The summed E-state index contributed by atoms with van der Waals surface area (Å²) >= 11 is 0. The zero-order valence-corrected chi connectivity index (χ0v) is 20.3. The molecule has 0 spiro atoms. The maximum atomic E-state index is 12.3. The Hall–Kier alpha value is -3.40. The minimum Gasteiger partial charge on any atom is -0.356 e. The maximum Gasteiger partial charge on any atom is 0.224 e. The first-order valence-electron chi connectivity index (χ1n) is 12.5. The van der Waals surface area contributed by atoms with Crippen LogP contribution in [0, 0.1) is 5.92 Å². The Morgan fingerprint density at radius 3 is 2.32 bits per heavy atom. The van der Waals surface area contributed by atoms with Crippen LogP contribution < -0.4 is 5.32 Å². The van der Waals surface area contributed by atoms with Crippen molar-refractivity contribution in [2.24, 2.45) is 5.92 Å². The van der Waals surface area contributed by atoms with Crippen molar-refractivity contribution >= 4 is 16.9 Å². The van der Waals surface area contributed by atoms with E-state index in [0.717, 1.165) is 49.9 Å². The van der Waals surface area contributed by atoms with Gasteiger partial charge in [0.2, 0.25) is 5.91 Å². The molecule has 0 aliphatic rings. The Kier molecular flexibility index (Phi) is 8.13. The number of carbonyl (C=O) groups excluding carboxylic acids is 1. The summed E-state index contributed by atoms with van der Waals surface area (Å²) in [4.78, 5) is 17.2. The normalized spacial score (nSPS) is 11.3. The zero-order chi connectivity index (χ0) is 23.8. The number of aromatic nitrogens is 2. The highest BCUT2D eigenvalue weighted by Gasteiger charge is 2.11. The number of hydrogen-bond donors (Lipinski definition) is 1. The highest BCUT2D eigenvalue weighted by molar-refractivity contribution is 5.79. The van der Waals surface area contributed by atoms with Crippen molar-refractivity contribution in [1.29, 1.82) is 0 Å². The maximum absolute atomic E-state index is 12.3. The fourth-order valence-corrected chi connectivity index (χ4v) is 4.39. The van der Waals surface area contributed by atoms with Gasteiger partial charge in [0.15, 0.2) is 0 Å². The molecule has 0 atom stereocenters. The first kappa shape index (κ1) is 23.7. The van der Waals surface area contributed by atoms with Crippen LogP contribution >= 0.6 is 0 Å². The third-order valence-electron chi connectivity index (χ3n) is 6.11. The topological polar surface area (TPSA) is 46.9 Å². The molecule has 4 aromatic rings. The van der Waals surface area contributed by atoms with Crippen LogP contribution in [0.5, 0.6) is 0 Å². The Morgan fingerprint density at radius 1 is 0.853 bits per heavy atom. The molecule has 34 heavy (non-hydrogen) atoms. The Labute approximate surface area is 203 Å². The van der Waals surface area contributed by atoms with E-state index in [1.54, 1.807) is 0 Å². The van der Waals surface area contributed by atoms with Crippen LogP contribution in [0.25, 0.3) is 22.2 Å². The van der Waals surface area contributed by atoms with Crippen molar-refractivity contribution in [1.82, 2.24) is 14.9 Å². The number of nitrogens with one attached hydrogen (secondary N) is 1. The van der Waals surface area contributed by atoms with Gasteiger partial charge in [0.05, 0.1) is 17.5 Å². The smallest absolute Gasteiger partial charge is 0.224 e. The lowest BCUT2D eigenvalue weighted by atomic mass is 10.0. The van der Waals surface area contributed by atoms with Crippen molar-refractivity contribution in [3.63, 3.8) is 0 Å². The molecule has 0 aliphatic heterocycles. The van der Waals surface area contributed by atoms with Gasteiger partial charge < -0.3 is 9.88 Å². The molecule has 0 unspecified atom stereocenters. The van der Waals surface area contributed by atoms with Crippen molar-refractivity contribution in [3.8, 4) is 11.1 Å². The lowest BCUT2D eigenvalue weighted by Gasteiger charge is -2.12. The lowest BCUT2D eigenvalue weighted by Crippen LogP contribution is -2.26. The highest BCUT2D eigenvalue weighted by Crippen LogP contribution is 2.20. The second-order valence-corrected chi connectivity index (χ2v) is 9.42. The second kappa shape index (κ2) is 11.6.